The zero-order valence-corrected chi connectivity index (χ0v) is 9.58. The molecule has 0 unspecified atom stereocenters. The van der Waals surface area contributed by atoms with E-state index in [1.54, 1.807) is 17.4 Å². The van der Waals surface area contributed by atoms with E-state index >= 15 is 0 Å². The second-order valence-corrected chi connectivity index (χ2v) is 4.09. The van der Waals surface area contributed by atoms with Crippen LogP contribution in [0.1, 0.15) is 10.6 Å². The lowest BCUT2D eigenvalue weighted by Crippen LogP contribution is -2.09. The topological polar surface area (TPSA) is 88.8 Å². The Morgan fingerprint density at radius 3 is 2.81 bits per heavy atom. The number of hydrogen-bond donors (Lipinski definition) is 3. The van der Waals surface area contributed by atoms with Crippen LogP contribution in [0.25, 0.3) is 0 Å². The van der Waals surface area contributed by atoms with Crippen LogP contribution in [-0.4, -0.2) is 15.0 Å². The Bertz CT molecular complexity index is 469. The van der Waals surface area contributed by atoms with Crippen molar-refractivity contribution in [2.24, 2.45) is 5.84 Å². The number of aryl methyl sites for hydroxylation is 1. The highest BCUT2D eigenvalue weighted by Gasteiger charge is 2.02. The first-order chi connectivity index (χ1) is 7.79. The Labute approximate surface area is 96.9 Å². The van der Waals surface area contributed by atoms with Crippen LogP contribution in [0.4, 0.5) is 11.6 Å². The Morgan fingerprint density at radius 1 is 1.31 bits per heavy atom. The minimum absolute atomic E-state index is 0.582. The molecule has 0 aromatic carbocycles. The maximum Gasteiger partial charge on any atom is 0.145 e. The van der Waals surface area contributed by atoms with Crippen LogP contribution in [0.15, 0.2) is 17.9 Å². The van der Waals surface area contributed by atoms with E-state index in [2.05, 4.69) is 25.7 Å². The Kier molecular flexibility index (Phi) is 3.28. The Morgan fingerprint density at radius 2 is 2.12 bits per heavy atom. The first-order valence-electron chi connectivity index (χ1n) is 4.71. The van der Waals surface area contributed by atoms with Crippen molar-refractivity contribution in [2.75, 3.05) is 10.7 Å². The molecule has 0 saturated carbocycles. The Hall–Kier alpha value is -1.73. The van der Waals surface area contributed by atoms with Crippen molar-refractivity contribution in [1.29, 1.82) is 0 Å². The minimum atomic E-state index is 0.582. The summed E-state index contributed by atoms with van der Waals surface area (Å²) in [6.07, 6.45) is 1.46. The van der Waals surface area contributed by atoms with Gasteiger partial charge in [-0.3, -0.25) is 0 Å². The summed E-state index contributed by atoms with van der Waals surface area (Å²) in [5, 5.41) is 3.19. The summed E-state index contributed by atoms with van der Waals surface area (Å²) >= 11 is 1.62. The molecule has 84 valence electrons. The number of thiazole rings is 1. The number of hydrogen-bond acceptors (Lipinski definition) is 7. The number of rotatable bonds is 4. The van der Waals surface area contributed by atoms with E-state index in [0.717, 1.165) is 11.5 Å². The molecule has 0 amide bonds. The fourth-order valence-corrected chi connectivity index (χ4v) is 1.92. The molecule has 2 aromatic heterocycles. The summed E-state index contributed by atoms with van der Waals surface area (Å²) in [4.78, 5) is 13.4. The lowest BCUT2D eigenvalue weighted by atomic mass is 10.4. The second-order valence-electron chi connectivity index (χ2n) is 3.15. The van der Waals surface area contributed by atoms with Crippen molar-refractivity contribution >= 4 is 23.0 Å². The van der Waals surface area contributed by atoms with Crippen LogP contribution in [0, 0.1) is 6.92 Å². The standard InChI is InChI=1S/C9H12N6S/c1-6-7(16-5-14-6)3-11-8-2-9(15-10)13-4-12-8/h2,4-5H,3,10H2,1H3,(H2,11,12,13,15). The van der Waals surface area contributed by atoms with Crippen LogP contribution in [0.5, 0.6) is 0 Å². The number of nitrogens with two attached hydrogens (primary N) is 1. The molecule has 0 aliphatic rings. The van der Waals surface area contributed by atoms with Gasteiger partial charge in [0.1, 0.15) is 18.0 Å². The molecule has 16 heavy (non-hydrogen) atoms. The Balaban J connectivity index is 2.02. The van der Waals surface area contributed by atoms with Gasteiger partial charge < -0.3 is 10.7 Å². The lowest BCUT2D eigenvalue weighted by molar-refractivity contribution is 1.07. The summed E-state index contributed by atoms with van der Waals surface area (Å²) in [6.45, 7) is 2.69. The molecule has 4 N–H and O–H groups in total. The predicted octanol–water partition coefficient (Wildman–Crippen LogP) is 1.14. The van der Waals surface area contributed by atoms with Crippen molar-refractivity contribution in [3.63, 3.8) is 0 Å². The van der Waals surface area contributed by atoms with Crippen LogP contribution in [0.3, 0.4) is 0 Å². The molecule has 0 bridgehead atoms. The zero-order valence-electron chi connectivity index (χ0n) is 8.77. The molecule has 0 atom stereocenters. The summed E-state index contributed by atoms with van der Waals surface area (Å²) < 4.78 is 0. The van der Waals surface area contributed by atoms with Crippen molar-refractivity contribution < 1.29 is 0 Å². The molecule has 0 fully saturated rings. The van der Waals surface area contributed by atoms with E-state index in [4.69, 9.17) is 5.84 Å². The number of aromatic nitrogens is 3. The second kappa shape index (κ2) is 4.86. The van der Waals surface area contributed by atoms with Crippen LogP contribution in [0.2, 0.25) is 0 Å². The van der Waals surface area contributed by atoms with E-state index in [1.165, 1.54) is 11.2 Å². The fraction of sp³-hybridized carbons (Fsp3) is 0.222. The summed E-state index contributed by atoms with van der Waals surface area (Å²) in [5.41, 5.74) is 5.35. The van der Waals surface area contributed by atoms with Gasteiger partial charge in [0.2, 0.25) is 0 Å². The monoisotopic (exact) mass is 236 g/mol. The number of hydrazine groups is 1. The largest absolute Gasteiger partial charge is 0.365 e. The van der Waals surface area contributed by atoms with Gasteiger partial charge in [0.05, 0.1) is 17.7 Å². The van der Waals surface area contributed by atoms with Gasteiger partial charge >= 0.3 is 0 Å². The molecule has 0 radical (unpaired) electrons. The number of nitrogens with zero attached hydrogens (tertiary/aromatic N) is 3. The normalized spacial score (nSPS) is 10.1. The summed E-state index contributed by atoms with van der Waals surface area (Å²) in [5.74, 6) is 6.57. The van der Waals surface area contributed by atoms with E-state index in [9.17, 15) is 0 Å². The average molecular weight is 236 g/mol. The van der Waals surface area contributed by atoms with Gasteiger partial charge in [-0.25, -0.2) is 20.8 Å². The molecular formula is C9H12N6S. The van der Waals surface area contributed by atoms with Gasteiger partial charge in [-0.1, -0.05) is 0 Å². The number of anilines is 2. The van der Waals surface area contributed by atoms with Crippen molar-refractivity contribution in [1.82, 2.24) is 15.0 Å². The van der Waals surface area contributed by atoms with Crippen LogP contribution >= 0.6 is 11.3 Å². The fourth-order valence-electron chi connectivity index (χ4n) is 1.20. The van der Waals surface area contributed by atoms with Crippen molar-refractivity contribution in [3.05, 3.63) is 28.5 Å². The third kappa shape index (κ3) is 2.44. The van der Waals surface area contributed by atoms with Gasteiger partial charge in [0, 0.05) is 10.9 Å². The smallest absolute Gasteiger partial charge is 0.145 e. The SMILES string of the molecule is Cc1ncsc1CNc1cc(NN)ncn1. The van der Waals surface area contributed by atoms with Crippen molar-refractivity contribution in [2.45, 2.75) is 13.5 Å². The molecule has 0 aliphatic heterocycles. The lowest BCUT2D eigenvalue weighted by Gasteiger charge is -2.05. The van der Waals surface area contributed by atoms with Gasteiger partial charge in [-0.05, 0) is 6.92 Å². The molecular weight excluding hydrogens is 224 g/mol. The summed E-state index contributed by atoms with van der Waals surface area (Å²) in [6, 6.07) is 1.75. The minimum Gasteiger partial charge on any atom is -0.365 e. The molecule has 6 nitrogen and oxygen atoms in total. The van der Waals surface area contributed by atoms with Gasteiger partial charge in [-0.2, -0.15) is 0 Å². The molecule has 0 spiro atoms. The van der Waals surface area contributed by atoms with Gasteiger partial charge in [-0.15, -0.1) is 11.3 Å². The van der Waals surface area contributed by atoms with E-state index < -0.39 is 0 Å². The molecule has 2 rings (SSSR count). The third-order valence-electron chi connectivity index (χ3n) is 2.09. The van der Waals surface area contributed by atoms with E-state index in [0.29, 0.717) is 12.4 Å². The molecule has 2 aromatic rings. The highest BCUT2D eigenvalue weighted by molar-refractivity contribution is 7.09. The van der Waals surface area contributed by atoms with Gasteiger partial charge in [0.25, 0.3) is 0 Å². The van der Waals surface area contributed by atoms with Gasteiger partial charge in [0.15, 0.2) is 0 Å². The average Bonchev–Trinajstić information content (AvgIpc) is 2.72. The molecule has 0 saturated heterocycles. The zero-order chi connectivity index (χ0) is 11.4. The molecule has 7 heteroatoms. The van der Waals surface area contributed by atoms with E-state index in [-0.39, 0.29) is 0 Å². The third-order valence-corrected chi connectivity index (χ3v) is 3.02. The predicted molar refractivity (Wildman–Crippen MR) is 64.0 cm³/mol. The number of nitrogen functional groups attached to an aromatic ring is 1. The highest BCUT2D eigenvalue weighted by atomic mass is 32.1. The van der Waals surface area contributed by atoms with Crippen molar-refractivity contribution in [3.8, 4) is 0 Å². The van der Waals surface area contributed by atoms with Crippen LogP contribution < -0.4 is 16.6 Å². The molecule has 2 heterocycles. The molecule has 0 aliphatic carbocycles. The van der Waals surface area contributed by atoms with Crippen LogP contribution in [-0.2, 0) is 6.54 Å². The number of nitrogens with one attached hydrogen (secondary N) is 2. The first-order valence-corrected chi connectivity index (χ1v) is 5.59. The quantitative estimate of drug-likeness (QED) is 0.545. The summed E-state index contributed by atoms with van der Waals surface area (Å²) in [7, 11) is 0. The highest BCUT2D eigenvalue weighted by Crippen LogP contribution is 2.14. The van der Waals surface area contributed by atoms with E-state index in [1.807, 2.05) is 12.4 Å². The maximum atomic E-state index is 5.26. The maximum absolute atomic E-state index is 5.26. The first kappa shape index (κ1) is 10.8.